The van der Waals surface area contributed by atoms with Gasteiger partial charge in [0.05, 0.1) is 33.2 Å². The molecule has 3 aromatic rings. The van der Waals surface area contributed by atoms with Gasteiger partial charge in [0, 0.05) is 5.69 Å². The van der Waals surface area contributed by atoms with Crippen molar-refractivity contribution in [1.29, 1.82) is 0 Å². The number of nitrogens with one attached hydrogen (secondary N) is 2. The van der Waals surface area contributed by atoms with E-state index in [0.29, 0.717) is 22.9 Å². The third-order valence-corrected chi connectivity index (χ3v) is 4.12. The summed E-state index contributed by atoms with van der Waals surface area (Å²) in [6.07, 6.45) is 0. The van der Waals surface area contributed by atoms with Gasteiger partial charge >= 0.3 is 0 Å². The van der Waals surface area contributed by atoms with E-state index in [1.54, 1.807) is 12.1 Å². The van der Waals surface area contributed by atoms with E-state index in [-0.39, 0.29) is 5.82 Å². The van der Waals surface area contributed by atoms with E-state index in [9.17, 15) is 4.39 Å². The number of anilines is 3. The second-order valence-corrected chi connectivity index (χ2v) is 5.88. The molecule has 24 heavy (non-hydrogen) atoms. The molecule has 1 saturated heterocycles. The lowest BCUT2D eigenvalue weighted by Crippen LogP contribution is -3.12. The Labute approximate surface area is 137 Å². The molecule has 0 aliphatic carbocycles. The Hall–Kier alpha value is -2.81. The summed E-state index contributed by atoms with van der Waals surface area (Å²) in [5, 5.41) is 10.7. The lowest BCUT2D eigenvalue weighted by Gasteiger charge is -2.31. The molecule has 0 bridgehead atoms. The van der Waals surface area contributed by atoms with E-state index in [4.69, 9.17) is 4.63 Å². The Bertz CT molecular complexity index is 843. The second kappa shape index (κ2) is 6.00. The largest absolute Gasteiger partial charge is 0.342 e. The summed E-state index contributed by atoms with van der Waals surface area (Å²) in [4.78, 5) is 12.7. The van der Waals surface area contributed by atoms with Gasteiger partial charge in [-0.15, -0.1) is 0 Å². The molecule has 0 amide bonds. The van der Waals surface area contributed by atoms with Crippen molar-refractivity contribution >= 4 is 28.6 Å². The molecule has 0 atom stereocenters. The number of benzene rings is 1. The van der Waals surface area contributed by atoms with Crippen LogP contribution in [-0.4, -0.2) is 53.5 Å². The fourth-order valence-electron chi connectivity index (χ4n) is 2.70. The van der Waals surface area contributed by atoms with E-state index >= 15 is 0 Å². The van der Waals surface area contributed by atoms with Gasteiger partial charge in [-0.2, -0.15) is 0 Å². The quantitative estimate of drug-likeness (QED) is 0.711. The monoisotopic (exact) mass is 330 g/mol. The molecule has 4 rings (SSSR count). The number of likely N-dealkylation sites (N-methyl/N-ethyl adjacent to an activating group) is 1. The zero-order chi connectivity index (χ0) is 16.5. The summed E-state index contributed by atoms with van der Waals surface area (Å²) in [5.41, 5.74) is 1.44. The molecular formula is C15H17FN7O+. The topological polar surface area (TPSA) is 84.4 Å². The van der Waals surface area contributed by atoms with Gasteiger partial charge in [-0.25, -0.2) is 19.0 Å². The maximum Gasteiger partial charge on any atom is 0.245 e. The first kappa shape index (κ1) is 14.8. The van der Waals surface area contributed by atoms with Crippen molar-refractivity contribution in [3.05, 3.63) is 30.1 Å². The first-order valence-corrected chi connectivity index (χ1v) is 7.78. The number of piperazine rings is 1. The van der Waals surface area contributed by atoms with Crippen LogP contribution in [0.15, 0.2) is 28.9 Å². The van der Waals surface area contributed by atoms with E-state index in [0.717, 1.165) is 31.9 Å². The maximum absolute atomic E-state index is 13.1. The fraction of sp³-hybridized carbons (Fsp3) is 0.333. The van der Waals surface area contributed by atoms with Gasteiger partial charge in [-0.3, -0.25) is 0 Å². The van der Waals surface area contributed by atoms with Gasteiger partial charge in [0.2, 0.25) is 11.3 Å². The maximum atomic E-state index is 13.1. The molecule has 9 heteroatoms. The number of nitrogens with zero attached hydrogens (tertiary/aromatic N) is 5. The summed E-state index contributed by atoms with van der Waals surface area (Å²) < 4.78 is 17.8. The fourth-order valence-corrected chi connectivity index (χ4v) is 2.70. The lowest BCUT2D eigenvalue weighted by molar-refractivity contribution is -0.880. The Kier molecular flexibility index (Phi) is 3.69. The zero-order valence-electron chi connectivity index (χ0n) is 13.2. The van der Waals surface area contributed by atoms with Crippen LogP contribution in [0, 0.1) is 5.82 Å². The van der Waals surface area contributed by atoms with Crippen LogP contribution in [0.3, 0.4) is 0 Å². The van der Waals surface area contributed by atoms with Crippen molar-refractivity contribution in [2.24, 2.45) is 0 Å². The summed E-state index contributed by atoms with van der Waals surface area (Å²) in [6.45, 7) is 3.78. The van der Waals surface area contributed by atoms with Crippen molar-refractivity contribution in [2.45, 2.75) is 0 Å². The number of fused-ring (bicyclic) bond motifs is 1. The van der Waals surface area contributed by atoms with Gasteiger partial charge in [0.25, 0.3) is 0 Å². The molecule has 1 aromatic carbocycles. The minimum absolute atomic E-state index is 0.287. The predicted molar refractivity (Wildman–Crippen MR) is 85.9 cm³/mol. The number of rotatable bonds is 3. The van der Waals surface area contributed by atoms with E-state index < -0.39 is 0 Å². The molecule has 1 fully saturated rings. The molecule has 1 aliphatic rings. The number of aromatic nitrogens is 4. The highest BCUT2D eigenvalue weighted by molar-refractivity contribution is 5.77. The summed E-state index contributed by atoms with van der Waals surface area (Å²) in [7, 11) is 2.17. The average molecular weight is 330 g/mol. The minimum atomic E-state index is -0.287. The number of hydrogen-bond donors (Lipinski definition) is 2. The van der Waals surface area contributed by atoms with Crippen LogP contribution in [0.1, 0.15) is 0 Å². The smallest absolute Gasteiger partial charge is 0.245 e. The zero-order valence-corrected chi connectivity index (χ0v) is 13.2. The molecular weight excluding hydrogens is 313 g/mol. The number of quaternary nitrogens is 1. The second-order valence-electron chi connectivity index (χ2n) is 5.88. The highest BCUT2D eigenvalue weighted by atomic mass is 19.1. The van der Waals surface area contributed by atoms with Crippen molar-refractivity contribution in [3.63, 3.8) is 0 Å². The molecule has 3 heterocycles. The molecule has 0 spiro atoms. The summed E-state index contributed by atoms with van der Waals surface area (Å²) >= 11 is 0. The standard InChI is InChI=1S/C15H16FN7O/c1-22-6-8-23(9-7-22)15-14(17-11-4-2-10(16)3-5-11)18-12-13(19-15)21-24-20-12/h2-5H,6-9H2,1H3,(H,17,18,20)/p+1. The van der Waals surface area contributed by atoms with Gasteiger partial charge in [0.1, 0.15) is 5.82 Å². The third kappa shape index (κ3) is 2.85. The summed E-state index contributed by atoms with van der Waals surface area (Å²) in [6, 6.07) is 6.09. The Balaban J connectivity index is 1.71. The SMILES string of the molecule is C[NH+]1CCN(c2nc3nonc3nc2Nc2ccc(F)cc2)CC1. The van der Waals surface area contributed by atoms with Crippen LogP contribution >= 0.6 is 0 Å². The highest BCUT2D eigenvalue weighted by Gasteiger charge is 2.23. The number of halogens is 1. The predicted octanol–water partition coefficient (Wildman–Crippen LogP) is 0.230. The molecule has 2 N–H and O–H groups in total. The van der Waals surface area contributed by atoms with Crippen LogP contribution in [-0.2, 0) is 0 Å². The lowest BCUT2D eigenvalue weighted by atomic mass is 10.3. The Morgan fingerprint density at radius 1 is 1.08 bits per heavy atom. The highest BCUT2D eigenvalue weighted by Crippen LogP contribution is 2.27. The molecule has 2 aromatic heterocycles. The molecule has 0 saturated carbocycles. The molecule has 8 nitrogen and oxygen atoms in total. The molecule has 1 aliphatic heterocycles. The normalized spacial score (nSPS) is 15.8. The van der Waals surface area contributed by atoms with Crippen molar-refractivity contribution in [1.82, 2.24) is 20.3 Å². The van der Waals surface area contributed by atoms with Crippen molar-refractivity contribution in [2.75, 3.05) is 43.4 Å². The first-order valence-electron chi connectivity index (χ1n) is 7.78. The van der Waals surface area contributed by atoms with Crippen LogP contribution in [0.2, 0.25) is 0 Å². The van der Waals surface area contributed by atoms with E-state index in [2.05, 4.69) is 37.5 Å². The molecule has 0 unspecified atom stereocenters. The molecule has 0 radical (unpaired) electrons. The third-order valence-electron chi connectivity index (χ3n) is 4.12. The van der Waals surface area contributed by atoms with E-state index in [1.165, 1.54) is 17.0 Å². The van der Waals surface area contributed by atoms with Crippen molar-refractivity contribution < 1.29 is 13.9 Å². The first-order chi connectivity index (χ1) is 11.7. The van der Waals surface area contributed by atoms with Gasteiger partial charge in [-0.05, 0) is 34.6 Å². The van der Waals surface area contributed by atoms with Crippen LogP contribution in [0.5, 0.6) is 0 Å². The van der Waals surface area contributed by atoms with Crippen LogP contribution < -0.4 is 15.1 Å². The Morgan fingerprint density at radius 2 is 1.75 bits per heavy atom. The van der Waals surface area contributed by atoms with Crippen LogP contribution in [0.4, 0.5) is 21.7 Å². The van der Waals surface area contributed by atoms with Gasteiger partial charge < -0.3 is 15.1 Å². The molecule has 124 valence electrons. The van der Waals surface area contributed by atoms with E-state index in [1.807, 2.05) is 0 Å². The summed E-state index contributed by atoms with van der Waals surface area (Å²) in [5.74, 6) is 0.976. The van der Waals surface area contributed by atoms with Crippen LogP contribution in [0.25, 0.3) is 11.3 Å². The van der Waals surface area contributed by atoms with Gasteiger partial charge in [-0.1, -0.05) is 0 Å². The number of hydrogen-bond acceptors (Lipinski definition) is 7. The minimum Gasteiger partial charge on any atom is -0.342 e. The van der Waals surface area contributed by atoms with Gasteiger partial charge in [0.15, 0.2) is 11.6 Å². The van der Waals surface area contributed by atoms with Crippen molar-refractivity contribution in [3.8, 4) is 0 Å². The Morgan fingerprint density at radius 3 is 2.46 bits per heavy atom. The average Bonchev–Trinajstić information content (AvgIpc) is 3.04.